The molecule has 2 aromatic carbocycles. The first-order valence-corrected chi connectivity index (χ1v) is 6.46. The van der Waals surface area contributed by atoms with Gasteiger partial charge in [-0.25, -0.2) is 4.79 Å². The number of hydrogen-bond donors (Lipinski definition) is 2. The average molecular weight is 273 g/mol. The minimum Gasteiger partial charge on any atom is -0.489 e. The molecule has 0 aliphatic carbocycles. The Kier molecular flexibility index (Phi) is 6.10. The summed E-state index contributed by atoms with van der Waals surface area (Å²) in [4.78, 5) is 10.8. The molecule has 106 valence electrons. The zero-order valence-electron chi connectivity index (χ0n) is 11.7. The van der Waals surface area contributed by atoms with Crippen molar-refractivity contribution in [2.75, 3.05) is 5.73 Å². The Bertz CT molecular complexity index is 553. The Morgan fingerprint density at radius 1 is 1.15 bits per heavy atom. The number of carboxylic acids is 1. The van der Waals surface area contributed by atoms with Crippen molar-refractivity contribution in [1.82, 2.24) is 0 Å². The van der Waals surface area contributed by atoms with E-state index < -0.39 is 5.97 Å². The van der Waals surface area contributed by atoms with Crippen molar-refractivity contribution in [3.63, 3.8) is 0 Å². The molecule has 0 unspecified atom stereocenters. The van der Waals surface area contributed by atoms with Crippen LogP contribution in [0.2, 0.25) is 0 Å². The monoisotopic (exact) mass is 273 g/mol. The smallest absolute Gasteiger partial charge is 0.337 e. The van der Waals surface area contributed by atoms with Gasteiger partial charge in [-0.05, 0) is 17.7 Å². The van der Waals surface area contributed by atoms with Gasteiger partial charge >= 0.3 is 5.97 Å². The number of ether oxygens (including phenoxy) is 1. The Hall–Kier alpha value is -2.49. The van der Waals surface area contributed by atoms with Gasteiger partial charge in [0.25, 0.3) is 0 Å². The van der Waals surface area contributed by atoms with Gasteiger partial charge in [0, 0.05) is 11.8 Å². The fourth-order valence-electron chi connectivity index (χ4n) is 1.57. The van der Waals surface area contributed by atoms with Gasteiger partial charge in [0.05, 0.1) is 5.56 Å². The van der Waals surface area contributed by atoms with Crippen molar-refractivity contribution < 1.29 is 14.6 Å². The third-order valence-electron chi connectivity index (χ3n) is 2.50. The minimum absolute atomic E-state index is 0.0852. The lowest BCUT2D eigenvalue weighted by atomic mass is 10.2. The average Bonchev–Trinajstić information content (AvgIpc) is 2.48. The topological polar surface area (TPSA) is 72.5 Å². The SMILES string of the molecule is CC.Nc1cc(OCc2ccccc2)ccc1C(=O)O. The first-order chi connectivity index (χ1) is 9.66. The molecule has 0 aliphatic heterocycles. The Labute approximate surface area is 118 Å². The third-order valence-corrected chi connectivity index (χ3v) is 2.50. The minimum atomic E-state index is -1.04. The van der Waals surface area contributed by atoms with Gasteiger partial charge in [-0.15, -0.1) is 0 Å². The van der Waals surface area contributed by atoms with Crippen molar-refractivity contribution in [2.24, 2.45) is 0 Å². The highest BCUT2D eigenvalue weighted by Crippen LogP contribution is 2.20. The van der Waals surface area contributed by atoms with Crippen molar-refractivity contribution in [1.29, 1.82) is 0 Å². The molecule has 0 heterocycles. The molecule has 0 radical (unpaired) electrons. The van der Waals surface area contributed by atoms with Crippen LogP contribution in [0.15, 0.2) is 48.5 Å². The maximum absolute atomic E-state index is 10.8. The second-order valence-electron chi connectivity index (χ2n) is 3.83. The number of carboxylic acid groups (broad SMARTS) is 1. The Balaban J connectivity index is 0.000000956. The molecule has 4 nitrogen and oxygen atoms in total. The third kappa shape index (κ3) is 4.31. The standard InChI is InChI=1S/C14H13NO3.C2H6/c15-13-8-11(6-7-12(13)14(16)17)18-9-10-4-2-1-3-5-10;1-2/h1-8H,9,15H2,(H,16,17);1-2H3. The fourth-order valence-corrected chi connectivity index (χ4v) is 1.57. The summed E-state index contributed by atoms with van der Waals surface area (Å²) in [6.07, 6.45) is 0. The van der Waals surface area contributed by atoms with E-state index in [1.54, 1.807) is 6.07 Å². The molecule has 0 spiro atoms. The molecule has 0 saturated heterocycles. The summed E-state index contributed by atoms with van der Waals surface area (Å²) in [5, 5.41) is 8.84. The highest BCUT2D eigenvalue weighted by molar-refractivity contribution is 5.93. The lowest BCUT2D eigenvalue weighted by molar-refractivity contribution is 0.0698. The van der Waals surface area contributed by atoms with E-state index in [1.165, 1.54) is 12.1 Å². The predicted octanol–water partition coefficient (Wildman–Crippen LogP) is 3.57. The lowest BCUT2D eigenvalue weighted by Gasteiger charge is -2.08. The zero-order chi connectivity index (χ0) is 15.0. The first kappa shape index (κ1) is 15.6. The van der Waals surface area contributed by atoms with Crippen LogP contribution in [-0.2, 0) is 6.61 Å². The maximum Gasteiger partial charge on any atom is 0.337 e. The molecule has 0 amide bonds. The van der Waals surface area contributed by atoms with Gasteiger partial charge in [0.15, 0.2) is 0 Å². The molecule has 4 heteroatoms. The van der Waals surface area contributed by atoms with E-state index in [-0.39, 0.29) is 11.3 Å². The largest absolute Gasteiger partial charge is 0.489 e. The van der Waals surface area contributed by atoms with Crippen molar-refractivity contribution in [2.45, 2.75) is 20.5 Å². The molecular formula is C16H19NO3. The van der Waals surface area contributed by atoms with Crippen molar-refractivity contribution in [3.8, 4) is 5.75 Å². The van der Waals surface area contributed by atoms with E-state index >= 15 is 0 Å². The number of carbonyl (C=O) groups is 1. The van der Waals surface area contributed by atoms with E-state index in [1.807, 2.05) is 44.2 Å². The summed E-state index contributed by atoms with van der Waals surface area (Å²) in [7, 11) is 0. The molecule has 3 N–H and O–H groups in total. The summed E-state index contributed by atoms with van der Waals surface area (Å²) >= 11 is 0. The van der Waals surface area contributed by atoms with Crippen LogP contribution in [0.1, 0.15) is 29.8 Å². The Morgan fingerprint density at radius 3 is 2.35 bits per heavy atom. The molecule has 0 fully saturated rings. The second-order valence-corrected chi connectivity index (χ2v) is 3.83. The molecule has 0 bridgehead atoms. The fraction of sp³-hybridized carbons (Fsp3) is 0.188. The second kappa shape index (κ2) is 7.84. The summed E-state index contributed by atoms with van der Waals surface area (Å²) in [6, 6.07) is 14.3. The van der Waals surface area contributed by atoms with Crippen LogP contribution < -0.4 is 10.5 Å². The van der Waals surface area contributed by atoms with Gasteiger partial charge in [0.1, 0.15) is 12.4 Å². The van der Waals surface area contributed by atoms with E-state index in [0.29, 0.717) is 12.4 Å². The van der Waals surface area contributed by atoms with Crippen LogP contribution in [0.4, 0.5) is 5.69 Å². The van der Waals surface area contributed by atoms with Crippen LogP contribution in [0, 0.1) is 0 Å². The number of nitrogen functional groups attached to an aromatic ring is 1. The van der Waals surface area contributed by atoms with E-state index in [0.717, 1.165) is 5.56 Å². The molecule has 20 heavy (non-hydrogen) atoms. The van der Waals surface area contributed by atoms with Crippen LogP contribution in [0.3, 0.4) is 0 Å². The summed E-state index contributed by atoms with van der Waals surface area (Å²) in [5.74, 6) is -0.483. The quantitative estimate of drug-likeness (QED) is 0.835. The summed E-state index contributed by atoms with van der Waals surface area (Å²) < 4.78 is 5.53. The maximum atomic E-state index is 10.8. The van der Waals surface area contributed by atoms with E-state index in [4.69, 9.17) is 15.6 Å². The number of rotatable bonds is 4. The lowest BCUT2D eigenvalue weighted by Crippen LogP contribution is -2.03. The molecule has 2 aromatic rings. The number of nitrogens with two attached hydrogens (primary N) is 1. The number of hydrogen-bond acceptors (Lipinski definition) is 3. The molecule has 0 aliphatic rings. The number of anilines is 1. The van der Waals surface area contributed by atoms with Crippen LogP contribution in [0.5, 0.6) is 5.75 Å². The van der Waals surface area contributed by atoms with E-state index in [2.05, 4.69) is 0 Å². The zero-order valence-corrected chi connectivity index (χ0v) is 11.7. The Morgan fingerprint density at radius 2 is 1.80 bits per heavy atom. The van der Waals surface area contributed by atoms with Crippen LogP contribution >= 0.6 is 0 Å². The normalized spacial score (nSPS) is 9.30. The van der Waals surface area contributed by atoms with Gasteiger partial charge in [-0.3, -0.25) is 0 Å². The first-order valence-electron chi connectivity index (χ1n) is 6.46. The van der Waals surface area contributed by atoms with Gasteiger partial charge in [-0.1, -0.05) is 44.2 Å². The highest BCUT2D eigenvalue weighted by Gasteiger charge is 2.08. The van der Waals surface area contributed by atoms with Crippen molar-refractivity contribution >= 4 is 11.7 Å². The molecular weight excluding hydrogens is 254 g/mol. The van der Waals surface area contributed by atoms with E-state index in [9.17, 15) is 4.79 Å². The van der Waals surface area contributed by atoms with Gasteiger partial charge in [0.2, 0.25) is 0 Å². The van der Waals surface area contributed by atoms with Crippen LogP contribution in [-0.4, -0.2) is 11.1 Å². The molecule has 2 rings (SSSR count). The summed E-state index contributed by atoms with van der Waals surface area (Å²) in [6.45, 7) is 4.42. The van der Waals surface area contributed by atoms with Gasteiger partial charge < -0.3 is 15.6 Å². The van der Waals surface area contributed by atoms with Crippen molar-refractivity contribution in [3.05, 3.63) is 59.7 Å². The molecule has 0 atom stereocenters. The summed E-state index contributed by atoms with van der Waals surface area (Å²) in [5.41, 5.74) is 6.96. The van der Waals surface area contributed by atoms with Crippen LogP contribution in [0.25, 0.3) is 0 Å². The number of aromatic carboxylic acids is 1. The highest BCUT2D eigenvalue weighted by atomic mass is 16.5. The molecule has 0 aromatic heterocycles. The molecule has 0 saturated carbocycles. The van der Waals surface area contributed by atoms with Gasteiger partial charge in [-0.2, -0.15) is 0 Å². The predicted molar refractivity (Wildman–Crippen MR) is 79.9 cm³/mol. The number of benzene rings is 2.